The highest BCUT2D eigenvalue weighted by molar-refractivity contribution is 5.87. The van der Waals surface area contributed by atoms with Gasteiger partial charge in [-0.25, -0.2) is 4.79 Å². The molecule has 3 rings (SSSR count). The molecule has 142 valence electrons. The van der Waals surface area contributed by atoms with Crippen LogP contribution in [0.15, 0.2) is 48.0 Å². The van der Waals surface area contributed by atoms with Crippen molar-refractivity contribution in [2.75, 3.05) is 0 Å². The molecule has 1 N–H and O–H groups in total. The highest BCUT2D eigenvalue weighted by Gasteiger charge is 2.36. The molecule has 0 heterocycles. The number of carboxylic acid groups (broad SMARTS) is 1. The van der Waals surface area contributed by atoms with Gasteiger partial charge in [0.2, 0.25) is 0 Å². The summed E-state index contributed by atoms with van der Waals surface area (Å²) in [4.78, 5) is 11.0. The normalized spacial score (nSPS) is 18.0. The third kappa shape index (κ3) is 4.16. The summed E-state index contributed by atoms with van der Waals surface area (Å²) in [6.07, 6.45) is 5.50. The Labute approximate surface area is 162 Å². The SMILES string of the molecule is CC(=Cc1ccc(C(=O)O)cc1)Cc1ccc2c(c1)C(C)(C)CCC2(C)C. The molecule has 0 radical (unpaired) electrons. The van der Waals surface area contributed by atoms with Gasteiger partial charge in [-0.3, -0.25) is 0 Å². The van der Waals surface area contributed by atoms with E-state index in [4.69, 9.17) is 5.11 Å². The Hall–Kier alpha value is -2.35. The topological polar surface area (TPSA) is 37.3 Å². The fourth-order valence-electron chi connectivity index (χ4n) is 4.13. The van der Waals surface area contributed by atoms with E-state index in [-0.39, 0.29) is 10.8 Å². The molecule has 1 aliphatic rings. The van der Waals surface area contributed by atoms with Crippen LogP contribution in [0, 0.1) is 0 Å². The maximum absolute atomic E-state index is 11.0. The Morgan fingerprint density at radius 3 is 2.15 bits per heavy atom. The van der Waals surface area contributed by atoms with Crippen LogP contribution in [0.1, 0.15) is 80.1 Å². The predicted molar refractivity (Wildman–Crippen MR) is 112 cm³/mol. The average molecular weight is 363 g/mol. The van der Waals surface area contributed by atoms with Gasteiger partial charge >= 0.3 is 5.97 Å². The van der Waals surface area contributed by atoms with Crippen molar-refractivity contribution in [2.45, 2.75) is 64.7 Å². The van der Waals surface area contributed by atoms with Crippen LogP contribution in [0.4, 0.5) is 0 Å². The molecule has 0 bridgehead atoms. The largest absolute Gasteiger partial charge is 0.478 e. The maximum atomic E-state index is 11.0. The van der Waals surface area contributed by atoms with Gasteiger partial charge in [-0.15, -0.1) is 0 Å². The highest BCUT2D eigenvalue weighted by Crippen LogP contribution is 2.46. The Bertz CT molecular complexity index is 883. The van der Waals surface area contributed by atoms with E-state index >= 15 is 0 Å². The lowest BCUT2D eigenvalue weighted by Crippen LogP contribution is -2.33. The van der Waals surface area contributed by atoms with E-state index in [1.165, 1.54) is 35.1 Å². The number of hydrogen-bond acceptors (Lipinski definition) is 1. The number of allylic oxidation sites excluding steroid dienone is 1. The zero-order valence-electron chi connectivity index (χ0n) is 17.1. The van der Waals surface area contributed by atoms with Crippen molar-refractivity contribution in [3.05, 3.63) is 75.9 Å². The fraction of sp³-hybridized carbons (Fsp3) is 0.400. The van der Waals surface area contributed by atoms with Crippen molar-refractivity contribution in [2.24, 2.45) is 0 Å². The molecule has 2 nitrogen and oxygen atoms in total. The monoisotopic (exact) mass is 362 g/mol. The fourth-order valence-corrected chi connectivity index (χ4v) is 4.13. The smallest absolute Gasteiger partial charge is 0.335 e. The lowest BCUT2D eigenvalue weighted by atomic mass is 9.63. The summed E-state index contributed by atoms with van der Waals surface area (Å²) in [6, 6.07) is 14.1. The van der Waals surface area contributed by atoms with Crippen LogP contribution in [0.3, 0.4) is 0 Å². The second kappa shape index (κ2) is 6.99. The number of hydrogen-bond donors (Lipinski definition) is 1. The maximum Gasteiger partial charge on any atom is 0.335 e. The number of carbonyl (C=O) groups is 1. The molecule has 0 saturated heterocycles. The molecule has 0 fully saturated rings. The van der Waals surface area contributed by atoms with Crippen LogP contribution in [-0.4, -0.2) is 11.1 Å². The molecular formula is C25H30O2. The standard InChI is InChI=1S/C25H30O2/c1-17(14-18-6-9-20(10-7-18)23(26)27)15-19-8-11-21-22(16-19)25(4,5)13-12-24(21,2)3/h6-11,14,16H,12-13,15H2,1-5H3,(H,26,27). The first-order valence-corrected chi connectivity index (χ1v) is 9.73. The number of fused-ring (bicyclic) bond motifs is 1. The molecule has 0 unspecified atom stereocenters. The van der Waals surface area contributed by atoms with Crippen molar-refractivity contribution in [1.82, 2.24) is 0 Å². The number of rotatable bonds is 4. The zero-order chi connectivity index (χ0) is 19.8. The molecule has 0 amide bonds. The first-order valence-electron chi connectivity index (χ1n) is 9.73. The molecule has 0 saturated carbocycles. The van der Waals surface area contributed by atoms with Crippen molar-refractivity contribution < 1.29 is 9.90 Å². The molecule has 2 aromatic carbocycles. The predicted octanol–water partition coefficient (Wildman–Crippen LogP) is 6.38. The van der Waals surface area contributed by atoms with E-state index < -0.39 is 5.97 Å². The van der Waals surface area contributed by atoms with Gasteiger partial charge in [0.15, 0.2) is 0 Å². The van der Waals surface area contributed by atoms with E-state index in [0.29, 0.717) is 5.56 Å². The summed E-state index contributed by atoms with van der Waals surface area (Å²) in [5.41, 5.74) is 7.44. The van der Waals surface area contributed by atoms with Gasteiger partial charge in [-0.2, -0.15) is 0 Å². The van der Waals surface area contributed by atoms with Crippen LogP contribution in [-0.2, 0) is 17.3 Å². The van der Waals surface area contributed by atoms with Gasteiger partial charge < -0.3 is 5.11 Å². The first kappa shape index (κ1) is 19.4. The van der Waals surface area contributed by atoms with Crippen molar-refractivity contribution in [3.8, 4) is 0 Å². The van der Waals surface area contributed by atoms with Gasteiger partial charge in [0.25, 0.3) is 0 Å². The summed E-state index contributed by atoms with van der Waals surface area (Å²) >= 11 is 0. The molecule has 27 heavy (non-hydrogen) atoms. The van der Waals surface area contributed by atoms with Crippen LogP contribution in [0.5, 0.6) is 0 Å². The van der Waals surface area contributed by atoms with Crippen molar-refractivity contribution >= 4 is 12.0 Å². The molecular weight excluding hydrogens is 332 g/mol. The molecule has 2 heteroatoms. The Morgan fingerprint density at radius 1 is 0.963 bits per heavy atom. The lowest BCUT2D eigenvalue weighted by molar-refractivity contribution is 0.0697. The average Bonchev–Trinajstić information content (AvgIpc) is 2.59. The zero-order valence-corrected chi connectivity index (χ0v) is 17.1. The number of carboxylic acids is 1. The minimum atomic E-state index is -0.887. The summed E-state index contributed by atoms with van der Waals surface area (Å²) in [6.45, 7) is 11.6. The van der Waals surface area contributed by atoms with Crippen LogP contribution < -0.4 is 0 Å². The Morgan fingerprint density at radius 2 is 1.56 bits per heavy atom. The van der Waals surface area contributed by atoms with Gasteiger partial charge in [0.1, 0.15) is 0 Å². The van der Waals surface area contributed by atoms with E-state index in [1.807, 2.05) is 12.1 Å². The molecule has 0 atom stereocenters. The lowest BCUT2D eigenvalue weighted by Gasteiger charge is -2.42. The summed E-state index contributed by atoms with van der Waals surface area (Å²) in [7, 11) is 0. The van der Waals surface area contributed by atoms with Gasteiger partial charge in [-0.05, 0) is 71.4 Å². The minimum Gasteiger partial charge on any atom is -0.478 e. The van der Waals surface area contributed by atoms with Gasteiger partial charge in [0.05, 0.1) is 5.56 Å². The summed E-state index contributed by atoms with van der Waals surface area (Å²) < 4.78 is 0. The third-order valence-electron chi connectivity index (χ3n) is 5.97. The number of aromatic carboxylic acids is 1. The molecule has 0 aromatic heterocycles. The molecule has 0 aliphatic heterocycles. The Balaban J connectivity index is 1.84. The number of benzene rings is 2. The molecule has 2 aromatic rings. The van der Waals surface area contributed by atoms with Gasteiger partial charge in [0, 0.05) is 0 Å². The summed E-state index contributed by atoms with van der Waals surface area (Å²) in [5.74, 6) is -0.887. The van der Waals surface area contributed by atoms with Crippen LogP contribution in [0.2, 0.25) is 0 Å². The van der Waals surface area contributed by atoms with Crippen LogP contribution in [0.25, 0.3) is 6.08 Å². The first-order chi connectivity index (χ1) is 12.6. The van der Waals surface area contributed by atoms with E-state index in [9.17, 15) is 4.79 Å². The minimum absolute atomic E-state index is 0.227. The summed E-state index contributed by atoms with van der Waals surface area (Å²) in [5, 5.41) is 9.01. The van der Waals surface area contributed by atoms with E-state index in [2.05, 4.69) is 58.9 Å². The molecule has 1 aliphatic carbocycles. The van der Waals surface area contributed by atoms with Crippen molar-refractivity contribution in [1.29, 1.82) is 0 Å². The van der Waals surface area contributed by atoms with E-state index in [0.717, 1.165) is 12.0 Å². The second-order valence-electron chi connectivity index (χ2n) is 9.24. The quantitative estimate of drug-likeness (QED) is 0.685. The van der Waals surface area contributed by atoms with E-state index in [1.54, 1.807) is 12.1 Å². The Kier molecular flexibility index (Phi) is 5.03. The highest BCUT2D eigenvalue weighted by atomic mass is 16.4. The van der Waals surface area contributed by atoms with Gasteiger partial charge in [-0.1, -0.05) is 69.7 Å². The second-order valence-corrected chi connectivity index (χ2v) is 9.24. The molecule has 0 spiro atoms. The van der Waals surface area contributed by atoms with Crippen molar-refractivity contribution in [3.63, 3.8) is 0 Å². The van der Waals surface area contributed by atoms with Crippen LogP contribution >= 0.6 is 0 Å². The third-order valence-corrected chi connectivity index (χ3v) is 5.97.